The van der Waals surface area contributed by atoms with Crippen LogP contribution < -0.4 is 5.32 Å². The SMILES string of the molecule is O=C(NC1C2CCC(C2)C1C(=O)O)c1cnccn1. The normalized spacial score (nSPS) is 32.2. The number of hydrogen-bond donors (Lipinski definition) is 2. The minimum atomic E-state index is -0.809. The molecule has 4 unspecified atom stereocenters. The Hall–Kier alpha value is -1.98. The van der Waals surface area contributed by atoms with Crippen molar-refractivity contribution in [2.45, 2.75) is 25.3 Å². The first kappa shape index (κ1) is 12.1. The van der Waals surface area contributed by atoms with Crippen molar-refractivity contribution in [3.05, 3.63) is 24.3 Å². The topological polar surface area (TPSA) is 92.2 Å². The molecule has 1 heterocycles. The fourth-order valence-electron chi connectivity index (χ4n) is 3.50. The number of aromatic nitrogens is 2. The molecule has 2 aliphatic carbocycles. The first-order valence-electron chi connectivity index (χ1n) is 6.46. The van der Waals surface area contributed by atoms with Gasteiger partial charge >= 0.3 is 5.97 Å². The summed E-state index contributed by atoms with van der Waals surface area (Å²) in [6.07, 6.45) is 7.19. The third kappa shape index (κ3) is 2.07. The van der Waals surface area contributed by atoms with Crippen LogP contribution in [-0.2, 0) is 4.79 Å². The number of fused-ring (bicyclic) bond motifs is 2. The van der Waals surface area contributed by atoms with E-state index < -0.39 is 11.9 Å². The highest BCUT2D eigenvalue weighted by Crippen LogP contribution is 2.48. The average molecular weight is 261 g/mol. The number of aliphatic carboxylic acids is 1. The number of carboxylic acid groups (broad SMARTS) is 1. The van der Waals surface area contributed by atoms with Gasteiger partial charge in [-0.15, -0.1) is 0 Å². The molecular formula is C13H15N3O3. The molecule has 0 aliphatic heterocycles. The summed E-state index contributed by atoms with van der Waals surface area (Å²) < 4.78 is 0. The smallest absolute Gasteiger partial charge is 0.308 e. The number of carboxylic acids is 1. The molecule has 3 rings (SSSR count). The predicted molar refractivity (Wildman–Crippen MR) is 65.2 cm³/mol. The van der Waals surface area contributed by atoms with Gasteiger partial charge in [-0.05, 0) is 31.1 Å². The van der Waals surface area contributed by atoms with Crippen molar-refractivity contribution in [1.82, 2.24) is 15.3 Å². The monoisotopic (exact) mass is 261 g/mol. The van der Waals surface area contributed by atoms with Crippen molar-refractivity contribution >= 4 is 11.9 Å². The van der Waals surface area contributed by atoms with E-state index >= 15 is 0 Å². The lowest BCUT2D eigenvalue weighted by molar-refractivity contribution is -0.144. The maximum Gasteiger partial charge on any atom is 0.308 e. The lowest BCUT2D eigenvalue weighted by atomic mass is 9.84. The first-order valence-corrected chi connectivity index (χ1v) is 6.46. The highest BCUT2D eigenvalue weighted by molar-refractivity contribution is 5.92. The zero-order chi connectivity index (χ0) is 13.4. The van der Waals surface area contributed by atoms with E-state index in [1.807, 2.05) is 0 Å². The molecule has 0 spiro atoms. The van der Waals surface area contributed by atoms with Gasteiger partial charge in [0.05, 0.1) is 12.1 Å². The lowest BCUT2D eigenvalue weighted by Gasteiger charge is -2.28. The summed E-state index contributed by atoms with van der Waals surface area (Å²) in [6.45, 7) is 0. The van der Waals surface area contributed by atoms with E-state index in [0.717, 1.165) is 19.3 Å². The van der Waals surface area contributed by atoms with Gasteiger partial charge in [-0.3, -0.25) is 14.6 Å². The highest BCUT2D eigenvalue weighted by atomic mass is 16.4. The molecule has 19 heavy (non-hydrogen) atoms. The molecule has 4 atom stereocenters. The first-order chi connectivity index (χ1) is 9.16. The zero-order valence-corrected chi connectivity index (χ0v) is 10.3. The Kier molecular flexibility index (Phi) is 2.93. The minimum Gasteiger partial charge on any atom is -0.481 e. The number of rotatable bonds is 3. The molecule has 2 N–H and O–H groups in total. The van der Waals surface area contributed by atoms with Crippen LogP contribution in [0.2, 0.25) is 0 Å². The van der Waals surface area contributed by atoms with E-state index in [9.17, 15) is 14.7 Å². The molecule has 0 saturated heterocycles. The van der Waals surface area contributed by atoms with E-state index in [1.54, 1.807) is 0 Å². The summed E-state index contributed by atoms with van der Waals surface area (Å²) in [5, 5.41) is 12.1. The maximum absolute atomic E-state index is 12.0. The van der Waals surface area contributed by atoms with Crippen LogP contribution in [0.4, 0.5) is 0 Å². The summed E-state index contributed by atoms with van der Waals surface area (Å²) in [7, 11) is 0. The molecule has 2 saturated carbocycles. The van der Waals surface area contributed by atoms with E-state index in [1.165, 1.54) is 18.6 Å². The van der Waals surface area contributed by atoms with Crippen LogP contribution in [0.5, 0.6) is 0 Å². The number of carbonyl (C=O) groups excluding carboxylic acids is 1. The second kappa shape index (κ2) is 4.60. The molecule has 100 valence electrons. The zero-order valence-electron chi connectivity index (χ0n) is 10.3. The van der Waals surface area contributed by atoms with Crippen molar-refractivity contribution in [2.75, 3.05) is 0 Å². The van der Waals surface area contributed by atoms with Crippen LogP contribution in [0.25, 0.3) is 0 Å². The number of hydrogen-bond acceptors (Lipinski definition) is 4. The summed E-state index contributed by atoms with van der Waals surface area (Å²) in [5.41, 5.74) is 0.231. The van der Waals surface area contributed by atoms with Crippen molar-refractivity contribution in [3.63, 3.8) is 0 Å². The summed E-state index contributed by atoms with van der Waals surface area (Å²) >= 11 is 0. The molecule has 1 amide bonds. The van der Waals surface area contributed by atoms with E-state index in [2.05, 4.69) is 15.3 Å². The minimum absolute atomic E-state index is 0.203. The van der Waals surface area contributed by atoms with E-state index in [0.29, 0.717) is 0 Å². The van der Waals surface area contributed by atoms with Gasteiger partial charge in [0.2, 0.25) is 0 Å². The molecule has 0 aromatic carbocycles. The van der Waals surface area contributed by atoms with E-state index in [4.69, 9.17) is 0 Å². The highest BCUT2D eigenvalue weighted by Gasteiger charge is 2.51. The number of carbonyl (C=O) groups is 2. The van der Waals surface area contributed by atoms with Crippen molar-refractivity contribution in [2.24, 2.45) is 17.8 Å². The quantitative estimate of drug-likeness (QED) is 0.835. The number of nitrogens with zero attached hydrogens (tertiary/aromatic N) is 2. The van der Waals surface area contributed by atoms with Gasteiger partial charge < -0.3 is 10.4 Å². The summed E-state index contributed by atoms with van der Waals surface area (Å²) in [4.78, 5) is 31.2. The average Bonchev–Trinajstić information content (AvgIpc) is 3.00. The molecular weight excluding hydrogens is 246 g/mol. The molecule has 2 bridgehead atoms. The molecule has 6 heteroatoms. The van der Waals surface area contributed by atoms with Crippen molar-refractivity contribution in [3.8, 4) is 0 Å². The van der Waals surface area contributed by atoms with Crippen molar-refractivity contribution < 1.29 is 14.7 Å². The summed E-state index contributed by atoms with van der Waals surface area (Å²) in [6, 6.07) is -0.272. The fraction of sp³-hybridized carbons (Fsp3) is 0.538. The van der Waals surface area contributed by atoms with Crippen molar-refractivity contribution in [1.29, 1.82) is 0 Å². The van der Waals surface area contributed by atoms with Crippen LogP contribution in [0.3, 0.4) is 0 Å². The molecule has 2 fully saturated rings. The van der Waals surface area contributed by atoms with Gasteiger partial charge in [-0.25, -0.2) is 4.98 Å². The van der Waals surface area contributed by atoms with Gasteiger partial charge in [0.1, 0.15) is 5.69 Å². The molecule has 6 nitrogen and oxygen atoms in total. The van der Waals surface area contributed by atoms with Gasteiger partial charge in [0.15, 0.2) is 0 Å². The van der Waals surface area contributed by atoms with E-state index in [-0.39, 0.29) is 29.5 Å². The fourth-order valence-corrected chi connectivity index (χ4v) is 3.50. The van der Waals surface area contributed by atoms with Crippen LogP contribution >= 0.6 is 0 Å². The molecule has 1 aromatic rings. The van der Waals surface area contributed by atoms with Crippen LogP contribution in [0.1, 0.15) is 29.8 Å². The standard InChI is InChI=1S/C13H15N3O3/c17-12(9-6-14-3-4-15-9)16-11-8-2-1-7(5-8)10(11)13(18)19/h3-4,6-8,10-11H,1-2,5H2,(H,16,17)(H,18,19). The van der Waals surface area contributed by atoms with Gasteiger partial charge in [0.25, 0.3) is 5.91 Å². The van der Waals surface area contributed by atoms with Gasteiger partial charge in [-0.1, -0.05) is 0 Å². The molecule has 2 aliphatic rings. The lowest BCUT2D eigenvalue weighted by Crippen LogP contribution is -2.47. The maximum atomic E-state index is 12.0. The third-order valence-corrected chi connectivity index (χ3v) is 4.30. The number of nitrogens with one attached hydrogen (secondary N) is 1. The second-order valence-corrected chi connectivity index (χ2v) is 5.29. The Balaban J connectivity index is 1.76. The predicted octanol–water partition coefficient (Wildman–Crippen LogP) is 0.706. The third-order valence-electron chi connectivity index (χ3n) is 4.30. The Bertz CT molecular complexity index is 505. The molecule has 0 radical (unpaired) electrons. The van der Waals surface area contributed by atoms with Crippen LogP contribution in [0.15, 0.2) is 18.6 Å². The second-order valence-electron chi connectivity index (χ2n) is 5.29. The summed E-state index contributed by atoms with van der Waals surface area (Å²) in [5.74, 6) is -1.12. The Morgan fingerprint density at radius 2 is 2.05 bits per heavy atom. The van der Waals surface area contributed by atoms with Gasteiger partial charge in [-0.2, -0.15) is 0 Å². The van der Waals surface area contributed by atoms with Crippen LogP contribution in [-0.4, -0.2) is 33.0 Å². The van der Waals surface area contributed by atoms with Crippen LogP contribution in [0, 0.1) is 17.8 Å². The largest absolute Gasteiger partial charge is 0.481 e. The Labute approximate surface area is 110 Å². The molecule has 1 aromatic heterocycles. The Morgan fingerprint density at radius 3 is 2.74 bits per heavy atom. The number of amides is 1. The van der Waals surface area contributed by atoms with Gasteiger partial charge in [0, 0.05) is 18.4 Å². The Morgan fingerprint density at radius 1 is 1.26 bits per heavy atom.